The van der Waals surface area contributed by atoms with Crippen LogP contribution in [0.5, 0.6) is 0 Å². The summed E-state index contributed by atoms with van der Waals surface area (Å²) in [7, 11) is 0. The lowest BCUT2D eigenvalue weighted by molar-refractivity contribution is 0.666. The summed E-state index contributed by atoms with van der Waals surface area (Å²) in [6, 6.07) is 0. The molecular weight excluding hydrogens is 237 g/mol. The van der Waals surface area contributed by atoms with Crippen LogP contribution in [0.4, 0.5) is 5.82 Å². The Morgan fingerprint density at radius 3 is 3.13 bits per heavy atom. The maximum absolute atomic E-state index is 11.3. The van der Waals surface area contributed by atoms with Gasteiger partial charge in [0.05, 0.1) is 6.33 Å². The molecule has 1 unspecified atom stereocenters. The quantitative estimate of drug-likeness (QED) is 0.806. The molecule has 1 fully saturated rings. The lowest BCUT2D eigenvalue weighted by Gasteiger charge is -2.17. The maximum atomic E-state index is 11.3. The predicted molar refractivity (Wildman–Crippen MR) is 60.9 cm³/mol. The van der Waals surface area contributed by atoms with E-state index in [9.17, 15) is 4.79 Å². The van der Waals surface area contributed by atoms with Crippen LogP contribution < -0.4 is 10.5 Å². The van der Waals surface area contributed by atoms with Gasteiger partial charge in [-0.05, 0) is 12.3 Å². The Kier molecular flexibility index (Phi) is 3.17. The van der Waals surface area contributed by atoms with Crippen molar-refractivity contribution in [3.8, 4) is 0 Å². The van der Waals surface area contributed by atoms with Crippen molar-refractivity contribution in [2.24, 2.45) is 5.92 Å². The molecule has 1 aromatic rings. The number of alkyl halides is 1. The zero-order valence-corrected chi connectivity index (χ0v) is 9.55. The zero-order valence-electron chi connectivity index (χ0n) is 8.04. The smallest absolute Gasteiger partial charge is 0.271 e. The normalized spacial score (nSPS) is 20.9. The van der Waals surface area contributed by atoms with E-state index in [2.05, 4.69) is 9.97 Å². The molecule has 0 amide bonds. The van der Waals surface area contributed by atoms with Crippen LogP contribution >= 0.6 is 23.2 Å². The molecule has 1 aliphatic heterocycles. The van der Waals surface area contributed by atoms with Crippen LogP contribution in [0, 0.1) is 5.92 Å². The average molecular weight is 248 g/mol. The van der Waals surface area contributed by atoms with E-state index in [4.69, 9.17) is 23.2 Å². The highest BCUT2D eigenvalue weighted by Gasteiger charge is 2.24. The van der Waals surface area contributed by atoms with Crippen LogP contribution in [0.1, 0.15) is 6.42 Å². The third kappa shape index (κ3) is 2.11. The summed E-state index contributed by atoms with van der Waals surface area (Å²) in [5.41, 5.74) is -0.295. The van der Waals surface area contributed by atoms with E-state index in [-0.39, 0.29) is 10.6 Å². The first kappa shape index (κ1) is 10.8. The molecule has 1 N–H and O–H groups in total. The van der Waals surface area contributed by atoms with Gasteiger partial charge in [0.2, 0.25) is 0 Å². The van der Waals surface area contributed by atoms with Crippen LogP contribution in [0.2, 0.25) is 5.02 Å². The summed E-state index contributed by atoms with van der Waals surface area (Å²) < 4.78 is 0. The number of nitrogens with one attached hydrogen (secondary N) is 1. The fourth-order valence-corrected chi connectivity index (χ4v) is 2.22. The van der Waals surface area contributed by atoms with E-state index in [1.54, 1.807) is 0 Å². The van der Waals surface area contributed by atoms with Crippen LogP contribution in [0.3, 0.4) is 0 Å². The standard InChI is InChI=1S/C9H11Cl2N3O/c10-3-6-1-2-14(4-6)8-7(11)9(15)13-5-12-8/h5-6H,1-4H2,(H,12,13,15). The number of aromatic nitrogens is 2. The first-order chi connectivity index (χ1) is 7.22. The molecule has 82 valence electrons. The number of rotatable bonds is 2. The Morgan fingerprint density at radius 2 is 2.47 bits per heavy atom. The average Bonchev–Trinajstić information content (AvgIpc) is 2.70. The molecule has 0 spiro atoms. The molecule has 0 aliphatic carbocycles. The van der Waals surface area contributed by atoms with Crippen molar-refractivity contribution in [2.75, 3.05) is 23.9 Å². The van der Waals surface area contributed by atoms with E-state index in [1.165, 1.54) is 6.33 Å². The van der Waals surface area contributed by atoms with Crippen molar-refractivity contribution in [1.29, 1.82) is 0 Å². The van der Waals surface area contributed by atoms with Crippen LogP contribution in [-0.4, -0.2) is 28.9 Å². The van der Waals surface area contributed by atoms with Gasteiger partial charge in [0.15, 0.2) is 5.82 Å². The SMILES string of the molecule is O=c1[nH]cnc(N2CCC(CCl)C2)c1Cl. The molecule has 0 bridgehead atoms. The Labute approximate surface area is 97.2 Å². The highest BCUT2D eigenvalue weighted by atomic mass is 35.5. The molecule has 1 atom stereocenters. The van der Waals surface area contributed by atoms with Crippen LogP contribution in [0.25, 0.3) is 0 Å². The fraction of sp³-hybridized carbons (Fsp3) is 0.556. The Hall–Kier alpha value is -0.740. The predicted octanol–water partition coefficient (Wildman–Crippen LogP) is 1.49. The van der Waals surface area contributed by atoms with Crippen LogP contribution in [-0.2, 0) is 0 Å². The number of hydrogen-bond donors (Lipinski definition) is 1. The third-order valence-electron chi connectivity index (χ3n) is 2.58. The number of halogens is 2. The zero-order chi connectivity index (χ0) is 10.8. The molecule has 0 aromatic carbocycles. The first-order valence-corrected chi connectivity index (χ1v) is 5.67. The fourth-order valence-electron chi connectivity index (χ4n) is 1.75. The highest BCUT2D eigenvalue weighted by molar-refractivity contribution is 6.32. The van der Waals surface area contributed by atoms with Gasteiger partial charge in [-0.25, -0.2) is 4.98 Å². The molecule has 6 heteroatoms. The molecule has 1 aromatic heterocycles. The minimum absolute atomic E-state index is 0.160. The van der Waals surface area contributed by atoms with E-state index < -0.39 is 0 Å². The van der Waals surface area contributed by atoms with E-state index in [0.29, 0.717) is 17.6 Å². The largest absolute Gasteiger partial charge is 0.355 e. The van der Waals surface area contributed by atoms with Crippen molar-refractivity contribution in [3.63, 3.8) is 0 Å². The molecule has 2 rings (SSSR count). The third-order valence-corrected chi connectivity index (χ3v) is 3.36. The van der Waals surface area contributed by atoms with Gasteiger partial charge in [-0.3, -0.25) is 4.79 Å². The minimum Gasteiger partial charge on any atom is -0.355 e. The van der Waals surface area contributed by atoms with Gasteiger partial charge < -0.3 is 9.88 Å². The Morgan fingerprint density at radius 1 is 1.67 bits per heavy atom. The Bertz CT molecular complexity index is 407. The summed E-state index contributed by atoms with van der Waals surface area (Å²) in [5.74, 6) is 1.66. The first-order valence-electron chi connectivity index (χ1n) is 4.76. The summed E-state index contributed by atoms with van der Waals surface area (Å²) in [5, 5.41) is 0.160. The topological polar surface area (TPSA) is 49.0 Å². The second-order valence-corrected chi connectivity index (χ2v) is 4.31. The lowest BCUT2D eigenvalue weighted by Crippen LogP contribution is -2.24. The molecule has 1 aliphatic rings. The maximum Gasteiger partial charge on any atom is 0.271 e. The number of anilines is 1. The summed E-state index contributed by atoms with van der Waals surface area (Å²) in [4.78, 5) is 19.8. The second-order valence-electron chi connectivity index (χ2n) is 3.62. The number of aromatic amines is 1. The Balaban J connectivity index is 2.24. The van der Waals surface area contributed by atoms with E-state index in [0.717, 1.165) is 19.5 Å². The molecular formula is C9H11Cl2N3O. The number of nitrogens with zero attached hydrogens (tertiary/aromatic N) is 2. The van der Waals surface area contributed by atoms with Gasteiger partial charge in [0, 0.05) is 19.0 Å². The lowest BCUT2D eigenvalue weighted by atomic mass is 10.2. The van der Waals surface area contributed by atoms with Crippen molar-refractivity contribution < 1.29 is 0 Å². The number of H-pyrrole nitrogens is 1. The van der Waals surface area contributed by atoms with E-state index in [1.807, 2.05) is 4.90 Å². The molecule has 2 heterocycles. The van der Waals surface area contributed by atoms with Gasteiger partial charge in [-0.2, -0.15) is 0 Å². The number of hydrogen-bond acceptors (Lipinski definition) is 3. The van der Waals surface area contributed by atoms with Gasteiger partial charge in [0.25, 0.3) is 5.56 Å². The van der Waals surface area contributed by atoms with Crippen LogP contribution in [0.15, 0.2) is 11.1 Å². The van der Waals surface area contributed by atoms with Crippen molar-refractivity contribution in [2.45, 2.75) is 6.42 Å². The van der Waals surface area contributed by atoms with Crippen molar-refractivity contribution in [3.05, 3.63) is 21.7 Å². The van der Waals surface area contributed by atoms with Crippen molar-refractivity contribution >= 4 is 29.0 Å². The molecule has 0 saturated carbocycles. The van der Waals surface area contributed by atoms with Gasteiger partial charge >= 0.3 is 0 Å². The summed E-state index contributed by atoms with van der Waals surface area (Å²) >= 11 is 11.7. The van der Waals surface area contributed by atoms with Gasteiger partial charge in [-0.1, -0.05) is 11.6 Å². The summed E-state index contributed by atoms with van der Waals surface area (Å²) in [6.07, 6.45) is 2.39. The molecule has 0 radical (unpaired) electrons. The summed E-state index contributed by atoms with van der Waals surface area (Å²) in [6.45, 7) is 1.67. The van der Waals surface area contributed by atoms with Gasteiger partial charge in [-0.15, -0.1) is 11.6 Å². The molecule has 15 heavy (non-hydrogen) atoms. The molecule has 1 saturated heterocycles. The van der Waals surface area contributed by atoms with E-state index >= 15 is 0 Å². The second kappa shape index (κ2) is 4.41. The van der Waals surface area contributed by atoms with Crippen molar-refractivity contribution in [1.82, 2.24) is 9.97 Å². The minimum atomic E-state index is -0.295. The van der Waals surface area contributed by atoms with Gasteiger partial charge in [0.1, 0.15) is 5.02 Å². The molecule has 4 nitrogen and oxygen atoms in total. The highest BCUT2D eigenvalue weighted by Crippen LogP contribution is 2.26. The monoisotopic (exact) mass is 247 g/mol.